The number of urea groups is 1. The van der Waals surface area contributed by atoms with E-state index in [2.05, 4.69) is 5.32 Å². The largest absolute Gasteiger partial charge is 0.397 e. The summed E-state index contributed by atoms with van der Waals surface area (Å²) < 4.78 is 0. The number of carbonyl (C=O) groups excluding carboxylic acids is 1. The topological polar surface area (TPSA) is 58.4 Å². The molecule has 0 radical (unpaired) electrons. The van der Waals surface area contributed by atoms with Gasteiger partial charge >= 0.3 is 6.03 Å². The molecule has 80 valence electrons. The molecule has 1 aromatic rings. The van der Waals surface area contributed by atoms with Crippen molar-refractivity contribution in [3.63, 3.8) is 0 Å². The van der Waals surface area contributed by atoms with Crippen LogP contribution in [0.15, 0.2) is 24.3 Å². The molecule has 3 N–H and O–H groups in total. The van der Waals surface area contributed by atoms with Crippen molar-refractivity contribution in [1.29, 1.82) is 0 Å². The average molecular weight is 205 g/mol. The summed E-state index contributed by atoms with van der Waals surface area (Å²) in [4.78, 5) is 13.5. The Labute approximate surface area is 89.1 Å². The predicted molar refractivity (Wildman–Crippen MR) is 60.7 cm³/mol. The van der Waals surface area contributed by atoms with E-state index >= 15 is 0 Å². The standard InChI is InChI=1S/C11H15N3O/c12-9-5-1-2-6-10(9)13-11(15)14-7-3-4-8-14/h1-2,5-6H,3-4,7-8,12H2,(H,13,15). The number of amides is 2. The first kappa shape index (κ1) is 9.83. The normalized spacial score (nSPS) is 15.3. The quantitative estimate of drug-likeness (QED) is 0.688. The van der Waals surface area contributed by atoms with Gasteiger partial charge in [-0.25, -0.2) is 4.79 Å². The number of nitrogens with one attached hydrogen (secondary N) is 1. The second kappa shape index (κ2) is 4.21. The summed E-state index contributed by atoms with van der Waals surface area (Å²) in [5.41, 5.74) is 7.03. The summed E-state index contributed by atoms with van der Waals surface area (Å²) in [6, 6.07) is 7.24. The van der Waals surface area contributed by atoms with Crippen LogP contribution in [0.4, 0.5) is 16.2 Å². The van der Waals surface area contributed by atoms with Gasteiger partial charge in [0.25, 0.3) is 0 Å². The Morgan fingerprint density at radius 3 is 2.60 bits per heavy atom. The third-order valence-electron chi connectivity index (χ3n) is 2.60. The molecule has 1 fully saturated rings. The minimum atomic E-state index is -0.0506. The number of hydrogen-bond acceptors (Lipinski definition) is 2. The lowest BCUT2D eigenvalue weighted by Crippen LogP contribution is -2.32. The molecule has 0 spiro atoms. The van der Waals surface area contributed by atoms with Gasteiger partial charge in [0.1, 0.15) is 0 Å². The van der Waals surface area contributed by atoms with Gasteiger partial charge < -0.3 is 16.0 Å². The Morgan fingerprint density at radius 2 is 1.93 bits per heavy atom. The van der Waals surface area contributed by atoms with Crippen LogP contribution in [0, 0.1) is 0 Å². The number of likely N-dealkylation sites (tertiary alicyclic amines) is 1. The number of hydrogen-bond donors (Lipinski definition) is 2. The Hall–Kier alpha value is -1.71. The van der Waals surface area contributed by atoms with Gasteiger partial charge in [0.15, 0.2) is 0 Å². The Bertz CT molecular complexity index is 359. The van der Waals surface area contributed by atoms with Crippen LogP contribution in [0.3, 0.4) is 0 Å². The maximum atomic E-state index is 11.7. The predicted octanol–water partition coefficient (Wildman–Crippen LogP) is 1.90. The van der Waals surface area contributed by atoms with Crippen molar-refractivity contribution in [1.82, 2.24) is 4.90 Å². The highest BCUT2D eigenvalue weighted by Crippen LogP contribution is 2.18. The number of anilines is 2. The second-order valence-corrected chi connectivity index (χ2v) is 3.71. The molecular weight excluding hydrogens is 190 g/mol. The zero-order valence-electron chi connectivity index (χ0n) is 8.57. The second-order valence-electron chi connectivity index (χ2n) is 3.71. The molecular formula is C11H15N3O. The van der Waals surface area contributed by atoms with Crippen LogP contribution in [-0.4, -0.2) is 24.0 Å². The highest BCUT2D eigenvalue weighted by Gasteiger charge is 2.17. The monoisotopic (exact) mass is 205 g/mol. The molecule has 2 amide bonds. The van der Waals surface area contributed by atoms with Gasteiger partial charge in [0, 0.05) is 13.1 Å². The number of nitrogens with two attached hydrogens (primary N) is 1. The first-order chi connectivity index (χ1) is 7.27. The zero-order valence-corrected chi connectivity index (χ0v) is 8.57. The van der Waals surface area contributed by atoms with Gasteiger partial charge in [-0.2, -0.15) is 0 Å². The Kier molecular flexibility index (Phi) is 2.76. The van der Waals surface area contributed by atoms with Crippen molar-refractivity contribution in [3.05, 3.63) is 24.3 Å². The molecule has 4 heteroatoms. The molecule has 15 heavy (non-hydrogen) atoms. The fourth-order valence-electron chi connectivity index (χ4n) is 1.73. The number of para-hydroxylation sites is 2. The van der Waals surface area contributed by atoms with Crippen molar-refractivity contribution in [2.75, 3.05) is 24.1 Å². The van der Waals surface area contributed by atoms with Crippen molar-refractivity contribution < 1.29 is 4.79 Å². The smallest absolute Gasteiger partial charge is 0.321 e. The minimum Gasteiger partial charge on any atom is -0.397 e. The summed E-state index contributed by atoms with van der Waals surface area (Å²) in [5.74, 6) is 0. The summed E-state index contributed by atoms with van der Waals surface area (Å²) in [7, 11) is 0. The van der Waals surface area contributed by atoms with E-state index in [9.17, 15) is 4.79 Å². The molecule has 0 atom stereocenters. The maximum absolute atomic E-state index is 11.7. The fourth-order valence-corrected chi connectivity index (χ4v) is 1.73. The highest BCUT2D eigenvalue weighted by atomic mass is 16.2. The van der Waals surface area contributed by atoms with E-state index in [4.69, 9.17) is 5.73 Å². The molecule has 0 bridgehead atoms. The number of rotatable bonds is 1. The SMILES string of the molecule is Nc1ccccc1NC(=O)N1CCCC1. The lowest BCUT2D eigenvalue weighted by molar-refractivity contribution is 0.222. The van der Waals surface area contributed by atoms with Crippen LogP contribution >= 0.6 is 0 Å². The summed E-state index contributed by atoms with van der Waals surface area (Å²) in [6.45, 7) is 1.69. The average Bonchev–Trinajstić information content (AvgIpc) is 2.74. The van der Waals surface area contributed by atoms with Gasteiger partial charge in [-0.15, -0.1) is 0 Å². The molecule has 1 aliphatic rings. The van der Waals surface area contributed by atoms with Crippen molar-refractivity contribution in [3.8, 4) is 0 Å². The molecule has 1 aliphatic heterocycles. The van der Waals surface area contributed by atoms with Crippen molar-refractivity contribution in [2.45, 2.75) is 12.8 Å². The number of nitrogen functional groups attached to an aromatic ring is 1. The molecule has 0 saturated carbocycles. The lowest BCUT2D eigenvalue weighted by atomic mass is 10.3. The molecule has 0 unspecified atom stereocenters. The molecule has 0 aromatic heterocycles. The van der Waals surface area contributed by atoms with E-state index in [0.717, 1.165) is 25.9 Å². The third-order valence-corrected chi connectivity index (χ3v) is 2.60. The van der Waals surface area contributed by atoms with E-state index in [1.54, 1.807) is 6.07 Å². The van der Waals surface area contributed by atoms with Crippen LogP contribution in [0.25, 0.3) is 0 Å². The lowest BCUT2D eigenvalue weighted by Gasteiger charge is -2.16. The van der Waals surface area contributed by atoms with E-state index in [-0.39, 0.29) is 6.03 Å². The van der Waals surface area contributed by atoms with E-state index in [0.29, 0.717) is 11.4 Å². The molecule has 1 aromatic carbocycles. The number of benzene rings is 1. The molecule has 4 nitrogen and oxygen atoms in total. The molecule has 0 aliphatic carbocycles. The van der Waals surface area contributed by atoms with Crippen LogP contribution in [0.1, 0.15) is 12.8 Å². The summed E-state index contributed by atoms with van der Waals surface area (Å²) >= 11 is 0. The van der Waals surface area contributed by atoms with Gasteiger partial charge in [0.05, 0.1) is 11.4 Å². The first-order valence-electron chi connectivity index (χ1n) is 5.18. The van der Waals surface area contributed by atoms with Gasteiger partial charge in [-0.1, -0.05) is 12.1 Å². The van der Waals surface area contributed by atoms with Crippen LogP contribution in [0.2, 0.25) is 0 Å². The number of nitrogens with zero attached hydrogens (tertiary/aromatic N) is 1. The van der Waals surface area contributed by atoms with Crippen molar-refractivity contribution >= 4 is 17.4 Å². The minimum absolute atomic E-state index is 0.0506. The maximum Gasteiger partial charge on any atom is 0.321 e. The molecule has 1 heterocycles. The van der Waals surface area contributed by atoms with E-state index in [1.165, 1.54) is 0 Å². The fraction of sp³-hybridized carbons (Fsp3) is 0.364. The number of carbonyl (C=O) groups is 1. The van der Waals surface area contributed by atoms with Crippen LogP contribution < -0.4 is 11.1 Å². The van der Waals surface area contributed by atoms with E-state index in [1.807, 2.05) is 23.1 Å². The van der Waals surface area contributed by atoms with Gasteiger partial charge in [-0.3, -0.25) is 0 Å². The zero-order chi connectivity index (χ0) is 10.7. The Balaban J connectivity index is 2.02. The van der Waals surface area contributed by atoms with Gasteiger partial charge in [0.2, 0.25) is 0 Å². The first-order valence-corrected chi connectivity index (χ1v) is 5.18. The summed E-state index contributed by atoms with van der Waals surface area (Å²) in [6.07, 6.45) is 2.19. The third kappa shape index (κ3) is 2.21. The molecule has 1 saturated heterocycles. The Morgan fingerprint density at radius 1 is 1.27 bits per heavy atom. The van der Waals surface area contributed by atoms with Crippen LogP contribution in [0.5, 0.6) is 0 Å². The highest BCUT2D eigenvalue weighted by molar-refractivity contribution is 5.92. The van der Waals surface area contributed by atoms with Gasteiger partial charge in [-0.05, 0) is 25.0 Å². The van der Waals surface area contributed by atoms with E-state index < -0.39 is 0 Å². The van der Waals surface area contributed by atoms with Crippen molar-refractivity contribution in [2.24, 2.45) is 0 Å². The molecule has 2 rings (SSSR count). The van der Waals surface area contributed by atoms with Crippen LogP contribution in [-0.2, 0) is 0 Å². The summed E-state index contributed by atoms with van der Waals surface area (Å²) in [5, 5.41) is 2.81.